The Bertz CT molecular complexity index is 750. The third kappa shape index (κ3) is 8.65. The average Bonchev–Trinajstić information content (AvgIpc) is 3.17. The molecule has 27 heavy (non-hydrogen) atoms. The molecule has 3 amide bonds. The second-order valence-corrected chi connectivity index (χ2v) is 6.98. The number of hydrogen-bond acceptors (Lipinski definition) is 6. The highest BCUT2D eigenvalue weighted by Gasteiger charge is 2.11. The van der Waals surface area contributed by atoms with Crippen LogP contribution in [0.1, 0.15) is 18.6 Å². The Morgan fingerprint density at radius 3 is 2.63 bits per heavy atom. The summed E-state index contributed by atoms with van der Waals surface area (Å²) in [5.41, 5.74) is 0. The smallest absolute Gasteiger partial charge is 0.321 e. The third-order valence-electron chi connectivity index (χ3n) is 3.23. The van der Waals surface area contributed by atoms with Gasteiger partial charge in [0, 0.05) is 16.3 Å². The van der Waals surface area contributed by atoms with Gasteiger partial charge in [-0.2, -0.15) is 0 Å². The number of ether oxygens (including phenoxy) is 1. The SMILES string of the molecule is O=C(COC(=O)CCCSc1ccc(Cl)cc1)NC(=O)NCc1ccco1. The topological polar surface area (TPSA) is 97.6 Å². The van der Waals surface area contributed by atoms with Gasteiger partial charge in [-0.1, -0.05) is 11.6 Å². The van der Waals surface area contributed by atoms with Crippen molar-refractivity contribution in [3.63, 3.8) is 0 Å². The zero-order chi connectivity index (χ0) is 19.5. The largest absolute Gasteiger partial charge is 0.467 e. The van der Waals surface area contributed by atoms with Crippen molar-refractivity contribution in [3.05, 3.63) is 53.4 Å². The first-order valence-electron chi connectivity index (χ1n) is 8.17. The molecule has 0 bridgehead atoms. The fourth-order valence-corrected chi connectivity index (χ4v) is 2.92. The molecule has 0 saturated carbocycles. The van der Waals surface area contributed by atoms with Gasteiger partial charge in [0.15, 0.2) is 6.61 Å². The number of imide groups is 1. The number of nitrogens with one attached hydrogen (secondary N) is 2. The first kappa shape index (κ1) is 20.9. The maximum atomic E-state index is 11.6. The number of urea groups is 1. The molecule has 0 aliphatic carbocycles. The van der Waals surface area contributed by atoms with E-state index in [1.165, 1.54) is 6.26 Å². The van der Waals surface area contributed by atoms with Crippen molar-refractivity contribution in [2.24, 2.45) is 0 Å². The van der Waals surface area contributed by atoms with Gasteiger partial charge in [0.1, 0.15) is 5.76 Å². The summed E-state index contributed by atoms with van der Waals surface area (Å²) in [6, 6.07) is 10.1. The second kappa shape index (κ2) is 11.3. The fraction of sp³-hybridized carbons (Fsp3) is 0.278. The molecule has 0 radical (unpaired) electrons. The summed E-state index contributed by atoms with van der Waals surface area (Å²) in [5, 5.41) is 5.19. The van der Waals surface area contributed by atoms with Crippen LogP contribution in [-0.4, -0.2) is 30.3 Å². The van der Waals surface area contributed by atoms with Crippen LogP contribution in [0.4, 0.5) is 4.79 Å². The standard InChI is InChI=1S/C18H19ClN2O5S/c19-13-5-7-15(8-6-13)27-10-2-4-17(23)26-12-16(22)21-18(24)20-11-14-3-1-9-25-14/h1,3,5-9H,2,4,10-12H2,(H2,20,21,22,24). The highest BCUT2D eigenvalue weighted by molar-refractivity contribution is 7.99. The van der Waals surface area contributed by atoms with Crippen LogP contribution in [0.2, 0.25) is 5.02 Å². The van der Waals surface area contributed by atoms with Crippen molar-refractivity contribution in [2.75, 3.05) is 12.4 Å². The normalized spacial score (nSPS) is 10.3. The van der Waals surface area contributed by atoms with Crippen molar-refractivity contribution in [3.8, 4) is 0 Å². The molecule has 1 heterocycles. The first-order chi connectivity index (χ1) is 13.0. The summed E-state index contributed by atoms with van der Waals surface area (Å²) in [6.45, 7) is -0.353. The van der Waals surface area contributed by atoms with Gasteiger partial charge in [0.2, 0.25) is 0 Å². The monoisotopic (exact) mass is 410 g/mol. The Balaban J connectivity index is 1.53. The minimum Gasteiger partial charge on any atom is -0.467 e. The van der Waals surface area contributed by atoms with Crippen molar-refractivity contribution >= 4 is 41.3 Å². The maximum Gasteiger partial charge on any atom is 0.321 e. The lowest BCUT2D eigenvalue weighted by Crippen LogP contribution is -2.41. The zero-order valence-electron chi connectivity index (χ0n) is 14.4. The molecule has 0 aliphatic heterocycles. The zero-order valence-corrected chi connectivity index (χ0v) is 16.0. The van der Waals surface area contributed by atoms with Gasteiger partial charge in [-0.15, -0.1) is 11.8 Å². The van der Waals surface area contributed by atoms with Crippen LogP contribution < -0.4 is 10.6 Å². The quantitative estimate of drug-likeness (QED) is 0.373. The molecule has 0 spiro atoms. The molecule has 2 N–H and O–H groups in total. The minimum absolute atomic E-state index is 0.150. The summed E-state index contributed by atoms with van der Waals surface area (Å²) in [7, 11) is 0. The Hall–Kier alpha value is -2.45. The van der Waals surface area contributed by atoms with Gasteiger partial charge in [0.05, 0.1) is 12.8 Å². The van der Waals surface area contributed by atoms with Crippen LogP contribution in [0.5, 0.6) is 0 Å². The summed E-state index contributed by atoms with van der Waals surface area (Å²) < 4.78 is 9.89. The lowest BCUT2D eigenvalue weighted by atomic mass is 10.3. The molecule has 1 aromatic heterocycles. The molecule has 1 aromatic carbocycles. The lowest BCUT2D eigenvalue weighted by molar-refractivity contribution is -0.148. The molecule has 0 unspecified atom stereocenters. The number of halogens is 1. The predicted molar refractivity (Wildman–Crippen MR) is 101 cm³/mol. The number of benzene rings is 1. The van der Waals surface area contributed by atoms with Gasteiger partial charge in [0.25, 0.3) is 5.91 Å². The van der Waals surface area contributed by atoms with Gasteiger partial charge in [-0.05, 0) is 48.6 Å². The summed E-state index contributed by atoms with van der Waals surface area (Å²) >= 11 is 7.42. The van der Waals surface area contributed by atoms with Crippen molar-refractivity contribution < 1.29 is 23.5 Å². The molecule has 0 atom stereocenters. The maximum absolute atomic E-state index is 11.6. The highest BCUT2D eigenvalue weighted by Crippen LogP contribution is 2.21. The van der Waals surface area contributed by atoms with E-state index in [0.29, 0.717) is 17.2 Å². The van der Waals surface area contributed by atoms with Crippen LogP contribution in [0, 0.1) is 0 Å². The fourth-order valence-electron chi connectivity index (χ4n) is 1.94. The van der Waals surface area contributed by atoms with Crippen LogP contribution >= 0.6 is 23.4 Å². The molecule has 0 fully saturated rings. The predicted octanol–water partition coefficient (Wildman–Crippen LogP) is 3.37. The van der Waals surface area contributed by atoms with E-state index in [-0.39, 0.29) is 13.0 Å². The number of rotatable bonds is 9. The van der Waals surface area contributed by atoms with E-state index in [1.54, 1.807) is 23.9 Å². The molecular weight excluding hydrogens is 392 g/mol. The van der Waals surface area contributed by atoms with Crippen molar-refractivity contribution in [1.29, 1.82) is 0 Å². The molecule has 0 saturated heterocycles. The van der Waals surface area contributed by atoms with Gasteiger partial charge < -0.3 is 14.5 Å². The Morgan fingerprint density at radius 2 is 1.93 bits per heavy atom. The molecule has 9 heteroatoms. The van der Waals surface area contributed by atoms with E-state index in [1.807, 2.05) is 24.3 Å². The third-order valence-corrected chi connectivity index (χ3v) is 4.58. The summed E-state index contributed by atoms with van der Waals surface area (Å²) in [4.78, 5) is 35.8. The van der Waals surface area contributed by atoms with Crippen molar-refractivity contribution in [1.82, 2.24) is 10.6 Å². The number of furan rings is 1. The lowest BCUT2D eigenvalue weighted by Gasteiger charge is -2.07. The Morgan fingerprint density at radius 1 is 1.15 bits per heavy atom. The number of esters is 1. The van der Waals surface area contributed by atoms with E-state index >= 15 is 0 Å². The summed E-state index contributed by atoms with van der Waals surface area (Å²) in [5.74, 6) is 0.104. The molecular formula is C18H19ClN2O5S. The van der Waals surface area contributed by atoms with Crippen LogP contribution in [0.25, 0.3) is 0 Å². The summed E-state index contributed by atoms with van der Waals surface area (Å²) in [6.07, 6.45) is 2.28. The van der Waals surface area contributed by atoms with E-state index in [0.717, 1.165) is 10.6 Å². The Labute approximate surface area is 165 Å². The number of carbonyl (C=O) groups is 3. The average molecular weight is 411 g/mol. The molecule has 2 aromatic rings. The second-order valence-electron chi connectivity index (χ2n) is 5.38. The molecule has 7 nitrogen and oxygen atoms in total. The number of carbonyl (C=O) groups excluding carboxylic acids is 3. The van der Waals surface area contributed by atoms with Gasteiger partial charge in [-0.25, -0.2) is 4.79 Å². The Kier molecular flexibility index (Phi) is 8.73. The van der Waals surface area contributed by atoms with Crippen LogP contribution in [0.3, 0.4) is 0 Å². The van der Waals surface area contributed by atoms with Gasteiger partial charge >= 0.3 is 12.0 Å². The number of thioether (sulfide) groups is 1. The minimum atomic E-state index is -0.698. The van der Waals surface area contributed by atoms with E-state index in [4.69, 9.17) is 20.8 Å². The van der Waals surface area contributed by atoms with Gasteiger partial charge in [-0.3, -0.25) is 14.9 Å². The van der Waals surface area contributed by atoms with Crippen molar-refractivity contribution in [2.45, 2.75) is 24.3 Å². The van der Waals surface area contributed by atoms with Crippen LogP contribution in [0.15, 0.2) is 52.0 Å². The van der Waals surface area contributed by atoms with Crippen LogP contribution in [-0.2, 0) is 20.9 Å². The molecule has 2 rings (SSSR count). The molecule has 144 valence electrons. The van der Waals surface area contributed by atoms with E-state index in [9.17, 15) is 14.4 Å². The van der Waals surface area contributed by atoms with E-state index < -0.39 is 24.5 Å². The number of amides is 3. The van der Waals surface area contributed by atoms with E-state index in [2.05, 4.69) is 10.6 Å². The highest BCUT2D eigenvalue weighted by atomic mass is 35.5. The number of hydrogen-bond donors (Lipinski definition) is 2. The molecule has 0 aliphatic rings. The first-order valence-corrected chi connectivity index (χ1v) is 9.53.